The first-order valence-electron chi connectivity index (χ1n) is 6.77. The molecule has 1 fully saturated rings. The molecule has 1 aromatic rings. The minimum absolute atomic E-state index is 0.0701. The average molecular weight is 266 g/mol. The van der Waals surface area contributed by atoms with Gasteiger partial charge in [-0.3, -0.25) is 4.79 Å². The van der Waals surface area contributed by atoms with E-state index in [2.05, 4.69) is 20.2 Å². The van der Waals surface area contributed by atoms with Crippen LogP contribution in [0.1, 0.15) is 23.3 Å². The SMILES string of the molecule is COCCN1CCC(CNC(=O)c2cnc[nH]2)CC1. The van der Waals surface area contributed by atoms with Crippen molar-refractivity contribution in [2.45, 2.75) is 12.8 Å². The summed E-state index contributed by atoms with van der Waals surface area (Å²) in [7, 11) is 1.73. The first-order valence-corrected chi connectivity index (χ1v) is 6.77. The first-order chi connectivity index (χ1) is 9.29. The van der Waals surface area contributed by atoms with Gasteiger partial charge in [-0.25, -0.2) is 4.98 Å². The van der Waals surface area contributed by atoms with Gasteiger partial charge in [0.15, 0.2) is 0 Å². The third-order valence-electron chi connectivity index (χ3n) is 3.61. The molecule has 0 atom stereocenters. The van der Waals surface area contributed by atoms with Crippen LogP contribution in [-0.2, 0) is 4.74 Å². The standard InChI is InChI=1S/C13H22N4O2/c1-19-7-6-17-4-2-11(3-5-17)8-15-13(18)12-9-14-10-16-12/h9-11H,2-8H2,1H3,(H,14,16)(H,15,18). The lowest BCUT2D eigenvalue weighted by molar-refractivity contribution is 0.0921. The lowest BCUT2D eigenvalue weighted by Crippen LogP contribution is -2.39. The molecule has 0 radical (unpaired) electrons. The first kappa shape index (κ1) is 14.0. The van der Waals surface area contributed by atoms with Crippen LogP contribution < -0.4 is 5.32 Å². The maximum absolute atomic E-state index is 11.7. The van der Waals surface area contributed by atoms with Crippen molar-refractivity contribution >= 4 is 5.91 Å². The molecule has 0 unspecified atom stereocenters. The van der Waals surface area contributed by atoms with Crippen LogP contribution in [0.3, 0.4) is 0 Å². The van der Waals surface area contributed by atoms with Crippen LogP contribution in [-0.4, -0.2) is 60.7 Å². The van der Waals surface area contributed by atoms with Crippen molar-refractivity contribution in [1.82, 2.24) is 20.2 Å². The van der Waals surface area contributed by atoms with Gasteiger partial charge in [-0.05, 0) is 31.8 Å². The van der Waals surface area contributed by atoms with Crippen LogP contribution in [0.4, 0.5) is 0 Å². The third kappa shape index (κ3) is 4.33. The number of carbonyl (C=O) groups is 1. The van der Waals surface area contributed by atoms with Gasteiger partial charge < -0.3 is 19.9 Å². The van der Waals surface area contributed by atoms with Crippen molar-refractivity contribution in [3.05, 3.63) is 18.2 Å². The summed E-state index contributed by atoms with van der Waals surface area (Å²) in [5.74, 6) is 0.505. The number of piperidine rings is 1. The topological polar surface area (TPSA) is 70.2 Å². The van der Waals surface area contributed by atoms with Gasteiger partial charge in [0, 0.05) is 20.2 Å². The van der Waals surface area contributed by atoms with E-state index in [1.807, 2.05) is 0 Å². The fraction of sp³-hybridized carbons (Fsp3) is 0.692. The van der Waals surface area contributed by atoms with Gasteiger partial charge in [0.1, 0.15) is 5.69 Å². The normalized spacial score (nSPS) is 17.5. The lowest BCUT2D eigenvalue weighted by Gasteiger charge is -2.31. The van der Waals surface area contributed by atoms with Gasteiger partial charge in [0.05, 0.1) is 19.1 Å². The summed E-state index contributed by atoms with van der Waals surface area (Å²) >= 11 is 0. The molecule has 0 bridgehead atoms. The number of methoxy groups -OCH3 is 1. The van der Waals surface area contributed by atoms with Crippen molar-refractivity contribution in [2.24, 2.45) is 5.92 Å². The molecular weight excluding hydrogens is 244 g/mol. The highest BCUT2D eigenvalue weighted by molar-refractivity contribution is 5.91. The highest BCUT2D eigenvalue weighted by atomic mass is 16.5. The molecule has 0 aromatic carbocycles. The van der Waals surface area contributed by atoms with E-state index in [0.29, 0.717) is 11.6 Å². The Kier molecular flexibility index (Phi) is 5.35. The zero-order valence-electron chi connectivity index (χ0n) is 11.4. The Labute approximate surface area is 113 Å². The fourth-order valence-electron chi connectivity index (χ4n) is 2.35. The molecule has 1 aliphatic heterocycles. The molecule has 106 valence electrons. The molecule has 1 amide bonds. The number of hydrogen-bond donors (Lipinski definition) is 2. The number of aromatic amines is 1. The molecule has 6 nitrogen and oxygen atoms in total. The van der Waals surface area contributed by atoms with E-state index < -0.39 is 0 Å². The number of nitrogens with one attached hydrogen (secondary N) is 2. The predicted octanol–water partition coefficient (Wildman–Crippen LogP) is 0.498. The molecule has 1 aromatic heterocycles. The number of H-pyrrole nitrogens is 1. The van der Waals surface area contributed by atoms with Crippen LogP contribution in [0, 0.1) is 5.92 Å². The Bertz CT molecular complexity index is 372. The van der Waals surface area contributed by atoms with Crippen LogP contribution in [0.5, 0.6) is 0 Å². The number of nitrogens with zero attached hydrogens (tertiary/aromatic N) is 2. The summed E-state index contributed by atoms with van der Waals surface area (Å²) in [5.41, 5.74) is 0.525. The smallest absolute Gasteiger partial charge is 0.269 e. The van der Waals surface area contributed by atoms with Gasteiger partial charge in [0.2, 0.25) is 0 Å². The van der Waals surface area contributed by atoms with Crippen molar-refractivity contribution in [3.63, 3.8) is 0 Å². The van der Waals surface area contributed by atoms with E-state index in [1.165, 1.54) is 6.33 Å². The maximum Gasteiger partial charge on any atom is 0.269 e. The van der Waals surface area contributed by atoms with E-state index in [1.54, 1.807) is 13.3 Å². The van der Waals surface area contributed by atoms with Gasteiger partial charge >= 0.3 is 0 Å². The minimum atomic E-state index is -0.0701. The van der Waals surface area contributed by atoms with E-state index >= 15 is 0 Å². The fourth-order valence-corrected chi connectivity index (χ4v) is 2.35. The summed E-state index contributed by atoms with van der Waals surface area (Å²) in [5, 5.41) is 2.96. The number of rotatable bonds is 6. The molecular formula is C13H22N4O2. The molecule has 0 spiro atoms. The van der Waals surface area contributed by atoms with Crippen LogP contribution in [0.2, 0.25) is 0 Å². The van der Waals surface area contributed by atoms with E-state index in [-0.39, 0.29) is 5.91 Å². The van der Waals surface area contributed by atoms with Crippen LogP contribution in [0.15, 0.2) is 12.5 Å². The summed E-state index contributed by atoms with van der Waals surface area (Å²) in [6, 6.07) is 0. The molecule has 0 aliphatic carbocycles. The lowest BCUT2D eigenvalue weighted by atomic mass is 9.97. The van der Waals surface area contributed by atoms with Crippen molar-refractivity contribution in [2.75, 3.05) is 39.9 Å². The summed E-state index contributed by atoms with van der Waals surface area (Å²) in [4.78, 5) is 20.8. The molecule has 2 heterocycles. The molecule has 19 heavy (non-hydrogen) atoms. The van der Waals surface area contributed by atoms with E-state index in [0.717, 1.165) is 45.6 Å². The predicted molar refractivity (Wildman–Crippen MR) is 72.0 cm³/mol. The molecule has 6 heteroatoms. The monoisotopic (exact) mass is 266 g/mol. The van der Waals surface area contributed by atoms with Crippen molar-refractivity contribution in [1.29, 1.82) is 0 Å². The number of likely N-dealkylation sites (tertiary alicyclic amines) is 1. The summed E-state index contributed by atoms with van der Waals surface area (Å²) < 4.78 is 5.08. The number of hydrogen-bond acceptors (Lipinski definition) is 4. The Morgan fingerprint density at radius 1 is 1.58 bits per heavy atom. The minimum Gasteiger partial charge on any atom is -0.383 e. The van der Waals surface area contributed by atoms with Gasteiger partial charge in [-0.15, -0.1) is 0 Å². The van der Waals surface area contributed by atoms with Crippen LogP contribution >= 0.6 is 0 Å². The van der Waals surface area contributed by atoms with E-state index in [4.69, 9.17) is 4.74 Å². The van der Waals surface area contributed by atoms with Crippen molar-refractivity contribution in [3.8, 4) is 0 Å². The Morgan fingerprint density at radius 3 is 3.00 bits per heavy atom. The summed E-state index contributed by atoms with van der Waals surface area (Å²) in [6.07, 6.45) is 5.33. The molecule has 1 aliphatic rings. The summed E-state index contributed by atoms with van der Waals surface area (Å²) in [6.45, 7) is 4.73. The molecule has 1 saturated heterocycles. The number of carbonyl (C=O) groups excluding carboxylic acids is 1. The van der Waals surface area contributed by atoms with E-state index in [9.17, 15) is 4.79 Å². The van der Waals surface area contributed by atoms with Gasteiger partial charge in [-0.1, -0.05) is 0 Å². The number of aromatic nitrogens is 2. The Hall–Kier alpha value is -1.40. The highest BCUT2D eigenvalue weighted by Gasteiger charge is 2.19. The second kappa shape index (κ2) is 7.25. The second-order valence-corrected chi connectivity index (χ2v) is 4.95. The zero-order chi connectivity index (χ0) is 13.5. The number of imidazole rings is 1. The number of ether oxygens (including phenoxy) is 1. The number of amides is 1. The Balaban J connectivity index is 1.64. The maximum atomic E-state index is 11.7. The third-order valence-corrected chi connectivity index (χ3v) is 3.61. The van der Waals surface area contributed by atoms with Crippen molar-refractivity contribution < 1.29 is 9.53 Å². The largest absolute Gasteiger partial charge is 0.383 e. The Morgan fingerprint density at radius 2 is 2.37 bits per heavy atom. The highest BCUT2D eigenvalue weighted by Crippen LogP contribution is 2.16. The molecule has 2 rings (SSSR count). The van der Waals surface area contributed by atoms with Crippen LogP contribution in [0.25, 0.3) is 0 Å². The second-order valence-electron chi connectivity index (χ2n) is 4.95. The molecule has 0 saturated carbocycles. The van der Waals surface area contributed by atoms with Gasteiger partial charge in [0.25, 0.3) is 5.91 Å². The quantitative estimate of drug-likeness (QED) is 0.786. The molecule has 2 N–H and O–H groups in total. The zero-order valence-corrected chi connectivity index (χ0v) is 11.4. The average Bonchev–Trinajstić information content (AvgIpc) is 2.98. The van der Waals surface area contributed by atoms with Gasteiger partial charge in [-0.2, -0.15) is 0 Å².